The summed E-state index contributed by atoms with van der Waals surface area (Å²) in [6.45, 7) is 10.1. The van der Waals surface area contributed by atoms with Gasteiger partial charge >= 0.3 is 5.97 Å². The number of hydrogen-bond donors (Lipinski definition) is 2. The van der Waals surface area contributed by atoms with Crippen LogP contribution in [-0.2, 0) is 9.53 Å². The third kappa shape index (κ3) is 5.50. The van der Waals surface area contributed by atoms with Gasteiger partial charge in [-0.25, -0.2) is 0 Å². The summed E-state index contributed by atoms with van der Waals surface area (Å²) in [6.07, 6.45) is 1.91. The molecule has 17 heavy (non-hydrogen) atoms. The molecule has 1 aliphatic heterocycles. The summed E-state index contributed by atoms with van der Waals surface area (Å²) < 4.78 is 5.20. The quantitative estimate of drug-likeness (QED) is 0.689. The summed E-state index contributed by atoms with van der Waals surface area (Å²) in [5.74, 6) is 0.560. The van der Waals surface area contributed by atoms with E-state index in [-0.39, 0.29) is 18.1 Å². The lowest BCUT2D eigenvalue weighted by Gasteiger charge is -2.16. The third-order valence-electron chi connectivity index (χ3n) is 2.82. The average molecular weight is 242 g/mol. The molecule has 2 N–H and O–H groups in total. The molecular weight excluding hydrogens is 216 g/mol. The number of ether oxygens (including phenoxy) is 1. The lowest BCUT2D eigenvalue weighted by molar-refractivity contribution is -0.149. The van der Waals surface area contributed by atoms with Gasteiger partial charge in [0.2, 0.25) is 0 Å². The molecule has 0 radical (unpaired) electrons. The standard InChI is InChI=1S/C13H26N2O2/c1-9(2)7-14-8-11-5-6-12(15-11)13(16)17-10(3)4/h9-12,14-15H,5-8H2,1-4H3. The van der Waals surface area contributed by atoms with Gasteiger partial charge in [-0.3, -0.25) is 4.79 Å². The fraction of sp³-hybridized carbons (Fsp3) is 0.923. The van der Waals surface area contributed by atoms with Crippen molar-refractivity contribution in [3.8, 4) is 0 Å². The monoisotopic (exact) mass is 242 g/mol. The SMILES string of the molecule is CC(C)CNCC1CCC(C(=O)OC(C)C)N1. The van der Waals surface area contributed by atoms with Gasteiger partial charge in [0.15, 0.2) is 0 Å². The number of hydrogen-bond acceptors (Lipinski definition) is 4. The highest BCUT2D eigenvalue weighted by Crippen LogP contribution is 2.13. The van der Waals surface area contributed by atoms with Crippen molar-refractivity contribution in [2.45, 2.75) is 58.7 Å². The summed E-state index contributed by atoms with van der Waals surface area (Å²) in [5.41, 5.74) is 0. The first kappa shape index (κ1) is 14.5. The highest BCUT2D eigenvalue weighted by molar-refractivity contribution is 5.76. The zero-order valence-electron chi connectivity index (χ0n) is 11.5. The lowest BCUT2D eigenvalue weighted by Crippen LogP contribution is -2.42. The van der Waals surface area contributed by atoms with Gasteiger partial charge in [-0.05, 0) is 39.2 Å². The predicted octanol–water partition coefficient (Wildman–Crippen LogP) is 1.30. The molecule has 0 aromatic rings. The smallest absolute Gasteiger partial charge is 0.323 e. The summed E-state index contributed by atoms with van der Waals surface area (Å²) in [6, 6.07) is 0.293. The zero-order chi connectivity index (χ0) is 12.8. The maximum Gasteiger partial charge on any atom is 0.323 e. The molecule has 0 amide bonds. The van der Waals surface area contributed by atoms with Crippen LogP contribution in [0.1, 0.15) is 40.5 Å². The van der Waals surface area contributed by atoms with Crippen LogP contribution in [0.5, 0.6) is 0 Å². The van der Waals surface area contributed by atoms with Crippen molar-refractivity contribution in [3.05, 3.63) is 0 Å². The Morgan fingerprint density at radius 1 is 1.35 bits per heavy atom. The molecule has 2 unspecified atom stereocenters. The van der Waals surface area contributed by atoms with Gasteiger partial charge in [0, 0.05) is 12.6 Å². The topological polar surface area (TPSA) is 50.4 Å². The van der Waals surface area contributed by atoms with Crippen LogP contribution < -0.4 is 10.6 Å². The number of carbonyl (C=O) groups excluding carboxylic acids is 1. The van der Waals surface area contributed by atoms with Crippen molar-refractivity contribution >= 4 is 5.97 Å². The minimum absolute atomic E-state index is 0.0255. The van der Waals surface area contributed by atoms with Crippen LogP contribution in [0.4, 0.5) is 0 Å². The van der Waals surface area contributed by atoms with Crippen LogP contribution in [0.2, 0.25) is 0 Å². The van der Waals surface area contributed by atoms with Crippen molar-refractivity contribution in [2.24, 2.45) is 5.92 Å². The molecular formula is C13H26N2O2. The number of rotatable bonds is 6. The van der Waals surface area contributed by atoms with Gasteiger partial charge in [-0.15, -0.1) is 0 Å². The predicted molar refractivity (Wildman–Crippen MR) is 68.9 cm³/mol. The van der Waals surface area contributed by atoms with Crippen LogP contribution in [-0.4, -0.2) is 37.2 Å². The Bertz CT molecular complexity index is 242. The van der Waals surface area contributed by atoms with E-state index in [1.807, 2.05) is 13.8 Å². The number of esters is 1. The molecule has 0 aromatic carbocycles. The molecule has 1 fully saturated rings. The van der Waals surface area contributed by atoms with E-state index >= 15 is 0 Å². The van der Waals surface area contributed by atoms with Crippen LogP contribution in [0, 0.1) is 5.92 Å². The Morgan fingerprint density at radius 2 is 2.06 bits per heavy atom. The van der Waals surface area contributed by atoms with E-state index in [0.29, 0.717) is 12.0 Å². The van der Waals surface area contributed by atoms with E-state index in [1.165, 1.54) is 0 Å². The highest BCUT2D eigenvalue weighted by Gasteiger charge is 2.30. The van der Waals surface area contributed by atoms with Crippen LogP contribution >= 0.6 is 0 Å². The van der Waals surface area contributed by atoms with Crippen LogP contribution in [0.3, 0.4) is 0 Å². The van der Waals surface area contributed by atoms with Gasteiger partial charge in [0.05, 0.1) is 6.10 Å². The van der Waals surface area contributed by atoms with Crippen molar-refractivity contribution in [2.75, 3.05) is 13.1 Å². The lowest BCUT2D eigenvalue weighted by atomic mass is 10.2. The van der Waals surface area contributed by atoms with Crippen molar-refractivity contribution in [1.29, 1.82) is 0 Å². The van der Waals surface area contributed by atoms with E-state index in [9.17, 15) is 4.79 Å². The Hall–Kier alpha value is -0.610. The van der Waals surface area contributed by atoms with Gasteiger partial charge in [0.1, 0.15) is 6.04 Å². The molecule has 0 bridgehead atoms. The molecule has 0 aromatic heterocycles. The van der Waals surface area contributed by atoms with Crippen LogP contribution in [0.25, 0.3) is 0 Å². The summed E-state index contributed by atoms with van der Waals surface area (Å²) in [5, 5.41) is 6.75. The summed E-state index contributed by atoms with van der Waals surface area (Å²) >= 11 is 0. The Morgan fingerprint density at radius 3 is 2.65 bits per heavy atom. The molecule has 0 saturated carbocycles. The second kappa shape index (κ2) is 6.97. The minimum atomic E-state index is -0.108. The van der Waals surface area contributed by atoms with Crippen molar-refractivity contribution in [3.63, 3.8) is 0 Å². The maximum absolute atomic E-state index is 11.7. The average Bonchev–Trinajstić information content (AvgIpc) is 2.64. The fourth-order valence-electron chi connectivity index (χ4n) is 2.03. The number of nitrogens with one attached hydrogen (secondary N) is 2. The van der Waals surface area contributed by atoms with Crippen molar-refractivity contribution in [1.82, 2.24) is 10.6 Å². The minimum Gasteiger partial charge on any atom is -0.462 e. The molecule has 1 aliphatic rings. The molecule has 2 atom stereocenters. The van der Waals surface area contributed by atoms with E-state index in [4.69, 9.17) is 4.74 Å². The highest BCUT2D eigenvalue weighted by atomic mass is 16.5. The first-order chi connectivity index (χ1) is 7.99. The first-order valence-corrected chi connectivity index (χ1v) is 6.66. The molecule has 4 nitrogen and oxygen atoms in total. The largest absolute Gasteiger partial charge is 0.462 e. The maximum atomic E-state index is 11.7. The van der Waals surface area contributed by atoms with Gasteiger partial charge < -0.3 is 15.4 Å². The molecule has 1 rings (SSSR count). The Balaban J connectivity index is 2.20. The van der Waals surface area contributed by atoms with Gasteiger partial charge in [-0.1, -0.05) is 13.8 Å². The second-order valence-electron chi connectivity index (χ2n) is 5.53. The fourth-order valence-corrected chi connectivity index (χ4v) is 2.03. The summed E-state index contributed by atoms with van der Waals surface area (Å²) in [4.78, 5) is 11.7. The Labute approximate surface area is 104 Å². The van der Waals surface area contributed by atoms with E-state index in [1.54, 1.807) is 0 Å². The number of carbonyl (C=O) groups is 1. The normalized spacial score (nSPS) is 24.6. The first-order valence-electron chi connectivity index (χ1n) is 6.66. The van der Waals surface area contributed by atoms with Gasteiger partial charge in [0.25, 0.3) is 0 Å². The van der Waals surface area contributed by atoms with Crippen molar-refractivity contribution < 1.29 is 9.53 Å². The molecule has 4 heteroatoms. The van der Waals surface area contributed by atoms with E-state index < -0.39 is 0 Å². The zero-order valence-corrected chi connectivity index (χ0v) is 11.5. The molecule has 100 valence electrons. The summed E-state index contributed by atoms with van der Waals surface area (Å²) in [7, 11) is 0. The molecule has 1 saturated heterocycles. The Kier molecular flexibility index (Phi) is 5.92. The van der Waals surface area contributed by atoms with E-state index in [0.717, 1.165) is 25.9 Å². The van der Waals surface area contributed by atoms with Crippen LogP contribution in [0.15, 0.2) is 0 Å². The van der Waals surface area contributed by atoms with Gasteiger partial charge in [-0.2, -0.15) is 0 Å². The second-order valence-corrected chi connectivity index (χ2v) is 5.53. The molecule has 1 heterocycles. The molecule has 0 aliphatic carbocycles. The molecule has 0 spiro atoms. The van der Waals surface area contributed by atoms with E-state index in [2.05, 4.69) is 24.5 Å². The third-order valence-corrected chi connectivity index (χ3v) is 2.82.